The Morgan fingerprint density at radius 2 is 2.20 bits per heavy atom. The minimum absolute atomic E-state index is 0.685. The predicted octanol–water partition coefficient (Wildman–Crippen LogP) is 4.30. The van der Waals surface area contributed by atoms with E-state index in [-0.39, 0.29) is 0 Å². The Bertz CT molecular complexity index is 701. The second-order valence-corrected chi connectivity index (χ2v) is 6.20. The minimum atomic E-state index is -0.935. The first-order valence-electron chi connectivity index (χ1n) is 6.89. The number of aryl methyl sites for hydroxylation is 1. The fourth-order valence-electron chi connectivity index (χ4n) is 3.35. The van der Waals surface area contributed by atoms with Crippen LogP contribution in [0.15, 0.2) is 48.0 Å². The molecule has 1 unspecified atom stereocenters. The summed E-state index contributed by atoms with van der Waals surface area (Å²) in [7, 11) is 0. The van der Waals surface area contributed by atoms with Gasteiger partial charge in [-0.3, -0.25) is 0 Å². The van der Waals surface area contributed by atoms with Gasteiger partial charge in [0.1, 0.15) is 5.60 Å². The van der Waals surface area contributed by atoms with Crippen LogP contribution in [0.2, 0.25) is 0 Å². The number of halogens is 1. The highest BCUT2D eigenvalue weighted by Crippen LogP contribution is 2.43. The Balaban J connectivity index is 2.45. The molecule has 3 rings (SSSR count). The normalized spacial score (nSPS) is 21.7. The molecule has 2 nitrogen and oxygen atoms in total. The maximum Gasteiger partial charge on any atom is 0.123 e. The summed E-state index contributed by atoms with van der Waals surface area (Å²) < 4.78 is 3.22. The topological polar surface area (TPSA) is 25.2 Å². The van der Waals surface area contributed by atoms with Gasteiger partial charge >= 0.3 is 0 Å². The number of para-hydroxylation sites is 1. The lowest BCUT2D eigenvalue weighted by Gasteiger charge is -2.31. The zero-order chi connectivity index (χ0) is 14.3. The van der Waals surface area contributed by atoms with Crippen LogP contribution < -0.4 is 0 Å². The van der Waals surface area contributed by atoms with Gasteiger partial charge in [0.05, 0.1) is 11.2 Å². The molecular weight excluding hydrogens is 314 g/mol. The molecule has 1 atom stereocenters. The van der Waals surface area contributed by atoms with Crippen molar-refractivity contribution < 1.29 is 5.11 Å². The number of rotatable bonds is 3. The Morgan fingerprint density at radius 1 is 1.40 bits per heavy atom. The first kappa shape index (κ1) is 13.7. The molecule has 0 aliphatic heterocycles. The van der Waals surface area contributed by atoms with E-state index in [4.69, 9.17) is 0 Å². The number of aliphatic hydroxyl groups is 1. The summed E-state index contributed by atoms with van der Waals surface area (Å²) in [5, 5.41) is 12.2. The number of hydrogen-bond donors (Lipinski definition) is 1. The van der Waals surface area contributed by atoms with Crippen molar-refractivity contribution in [2.24, 2.45) is 0 Å². The molecule has 0 saturated carbocycles. The average molecular weight is 332 g/mol. The third-order valence-electron chi connectivity index (χ3n) is 4.18. The van der Waals surface area contributed by atoms with Crippen LogP contribution in [0.3, 0.4) is 0 Å². The van der Waals surface area contributed by atoms with E-state index in [1.54, 1.807) is 6.08 Å². The number of benzene rings is 1. The first-order chi connectivity index (χ1) is 9.62. The van der Waals surface area contributed by atoms with Crippen molar-refractivity contribution in [3.63, 3.8) is 0 Å². The highest BCUT2D eigenvalue weighted by molar-refractivity contribution is 9.10. The molecule has 1 aromatic carbocycles. The van der Waals surface area contributed by atoms with Crippen LogP contribution in [-0.4, -0.2) is 9.67 Å². The van der Waals surface area contributed by atoms with Gasteiger partial charge in [-0.1, -0.05) is 30.9 Å². The molecule has 0 bridgehead atoms. The number of hydrogen-bond acceptors (Lipinski definition) is 1. The SMILES string of the molecule is C=CCn1c2c(c3cccc(Br)c31)CCCC2(O)C=C. The van der Waals surface area contributed by atoms with E-state index < -0.39 is 5.60 Å². The van der Waals surface area contributed by atoms with Crippen LogP contribution in [0.1, 0.15) is 24.1 Å². The quantitative estimate of drug-likeness (QED) is 0.833. The lowest BCUT2D eigenvalue weighted by atomic mass is 9.83. The third-order valence-corrected chi connectivity index (χ3v) is 4.82. The molecule has 1 aliphatic rings. The second kappa shape index (κ2) is 4.90. The summed E-state index contributed by atoms with van der Waals surface area (Å²) in [6, 6.07) is 6.22. The first-order valence-corrected chi connectivity index (χ1v) is 7.68. The number of aromatic nitrogens is 1. The van der Waals surface area contributed by atoms with Crippen LogP contribution in [-0.2, 0) is 18.6 Å². The number of fused-ring (bicyclic) bond motifs is 3. The molecule has 0 saturated heterocycles. The summed E-state index contributed by atoms with van der Waals surface area (Å²) in [6.07, 6.45) is 6.26. The molecule has 3 heteroatoms. The number of allylic oxidation sites excluding steroid dienone is 1. The molecule has 0 spiro atoms. The standard InChI is InChI=1S/C17H18BrNO/c1-3-11-19-15-12(7-5-9-14(15)18)13-8-6-10-17(20,4-2)16(13)19/h3-5,7,9,20H,1-2,6,8,10-11H2. The van der Waals surface area contributed by atoms with E-state index in [0.29, 0.717) is 6.54 Å². The van der Waals surface area contributed by atoms with E-state index in [1.165, 1.54) is 10.9 Å². The molecule has 1 heterocycles. The zero-order valence-electron chi connectivity index (χ0n) is 11.4. The summed E-state index contributed by atoms with van der Waals surface area (Å²) in [5.41, 5.74) is 2.44. The molecular formula is C17H18BrNO. The minimum Gasteiger partial charge on any atom is -0.379 e. The van der Waals surface area contributed by atoms with Crippen molar-refractivity contribution in [1.29, 1.82) is 0 Å². The van der Waals surface area contributed by atoms with Crippen LogP contribution in [0, 0.1) is 0 Å². The largest absolute Gasteiger partial charge is 0.379 e. The highest BCUT2D eigenvalue weighted by atomic mass is 79.9. The van der Waals surface area contributed by atoms with Gasteiger partial charge in [-0.25, -0.2) is 0 Å². The van der Waals surface area contributed by atoms with Gasteiger partial charge in [-0.2, -0.15) is 0 Å². The average Bonchev–Trinajstić information content (AvgIpc) is 2.77. The molecule has 1 aliphatic carbocycles. The fraction of sp³-hybridized carbons (Fsp3) is 0.294. The highest BCUT2D eigenvalue weighted by Gasteiger charge is 2.36. The van der Waals surface area contributed by atoms with E-state index in [9.17, 15) is 5.11 Å². The molecule has 0 radical (unpaired) electrons. The van der Waals surface area contributed by atoms with Crippen LogP contribution in [0.25, 0.3) is 10.9 Å². The van der Waals surface area contributed by atoms with E-state index in [0.717, 1.165) is 34.9 Å². The molecule has 1 aromatic heterocycles. The molecule has 20 heavy (non-hydrogen) atoms. The zero-order valence-corrected chi connectivity index (χ0v) is 13.0. The maximum absolute atomic E-state index is 10.9. The smallest absolute Gasteiger partial charge is 0.123 e. The van der Waals surface area contributed by atoms with Crippen molar-refractivity contribution in [2.75, 3.05) is 0 Å². The van der Waals surface area contributed by atoms with Crippen molar-refractivity contribution in [3.8, 4) is 0 Å². The van der Waals surface area contributed by atoms with Crippen molar-refractivity contribution in [2.45, 2.75) is 31.4 Å². The lowest BCUT2D eigenvalue weighted by Crippen LogP contribution is -2.30. The van der Waals surface area contributed by atoms with Gasteiger partial charge in [0.25, 0.3) is 0 Å². The Morgan fingerprint density at radius 3 is 2.90 bits per heavy atom. The second-order valence-electron chi connectivity index (χ2n) is 5.34. The van der Waals surface area contributed by atoms with Gasteiger partial charge in [-0.15, -0.1) is 6.58 Å². The van der Waals surface area contributed by atoms with Gasteiger partial charge in [-0.05, 0) is 46.8 Å². The molecule has 1 N–H and O–H groups in total. The van der Waals surface area contributed by atoms with E-state index in [2.05, 4.69) is 39.7 Å². The Hall–Kier alpha value is -1.32. The summed E-state index contributed by atoms with van der Waals surface area (Å²) >= 11 is 3.64. The summed E-state index contributed by atoms with van der Waals surface area (Å²) in [5.74, 6) is 0. The summed E-state index contributed by atoms with van der Waals surface area (Å²) in [4.78, 5) is 0. The van der Waals surface area contributed by atoms with Crippen LogP contribution in [0.4, 0.5) is 0 Å². The van der Waals surface area contributed by atoms with Gasteiger partial charge in [0.2, 0.25) is 0 Å². The van der Waals surface area contributed by atoms with Crippen molar-refractivity contribution in [1.82, 2.24) is 4.57 Å². The Kier molecular flexibility index (Phi) is 3.35. The fourth-order valence-corrected chi connectivity index (χ4v) is 3.93. The Labute approximate surface area is 127 Å². The number of nitrogens with zero attached hydrogens (tertiary/aromatic N) is 1. The van der Waals surface area contributed by atoms with Crippen molar-refractivity contribution in [3.05, 3.63) is 59.2 Å². The summed E-state index contributed by atoms with van der Waals surface area (Å²) in [6.45, 7) is 8.38. The van der Waals surface area contributed by atoms with Crippen LogP contribution in [0.5, 0.6) is 0 Å². The van der Waals surface area contributed by atoms with Gasteiger partial charge in [0.15, 0.2) is 0 Å². The maximum atomic E-state index is 10.9. The lowest BCUT2D eigenvalue weighted by molar-refractivity contribution is 0.0627. The predicted molar refractivity (Wildman–Crippen MR) is 86.9 cm³/mol. The van der Waals surface area contributed by atoms with Gasteiger partial charge in [0, 0.05) is 16.4 Å². The monoisotopic (exact) mass is 331 g/mol. The van der Waals surface area contributed by atoms with Gasteiger partial charge < -0.3 is 9.67 Å². The molecule has 0 fully saturated rings. The van der Waals surface area contributed by atoms with E-state index in [1.807, 2.05) is 18.2 Å². The third kappa shape index (κ3) is 1.80. The molecule has 2 aromatic rings. The van der Waals surface area contributed by atoms with Crippen molar-refractivity contribution >= 4 is 26.8 Å². The van der Waals surface area contributed by atoms with Crippen LogP contribution >= 0.6 is 15.9 Å². The van der Waals surface area contributed by atoms with E-state index >= 15 is 0 Å². The molecule has 104 valence electrons. The molecule has 0 amide bonds.